The van der Waals surface area contributed by atoms with Gasteiger partial charge in [0.25, 0.3) is 10.0 Å². The molecule has 0 aromatic heterocycles. The highest BCUT2D eigenvalue weighted by molar-refractivity contribution is 7.93. The Bertz CT molecular complexity index is 1280. The van der Waals surface area contributed by atoms with Crippen LogP contribution in [0.3, 0.4) is 0 Å². The van der Waals surface area contributed by atoms with Gasteiger partial charge in [0, 0.05) is 22.5 Å². The average Bonchev–Trinajstić information content (AvgIpc) is 2.78. The number of rotatable bonds is 9. The van der Waals surface area contributed by atoms with Crippen molar-refractivity contribution >= 4 is 44.8 Å². The van der Waals surface area contributed by atoms with Gasteiger partial charge in [-0.1, -0.05) is 41.4 Å². The zero-order valence-corrected chi connectivity index (χ0v) is 20.2. The Kier molecular flexibility index (Phi) is 7.73. The number of benzene rings is 3. The van der Waals surface area contributed by atoms with Gasteiger partial charge >= 0.3 is 0 Å². The molecule has 10 heteroatoms. The van der Waals surface area contributed by atoms with Crippen LogP contribution in [0.2, 0.25) is 10.0 Å². The van der Waals surface area contributed by atoms with Gasteiger partial charge in [-0.3, -0.25) is 9.10 Å². The molecule has 0 heterocycles. The molecule has 0 saturated heterocycles. The van der Waals surface area contributed by atoms with E-state index in [1.807, 2.05) is 12.1 Å². The summed E-state index contributed by atoms with van der Waals surface area (Å²) in [7, 11) is -1.54. The molecule has 0 bridgehead atoms. The number of hydrogen-bond acceptors (Lipinski definition) is 5. The number of halogens is 2. The minimum atomic E-state index is -4.31. The quantitative estimate of drug-likeness (QED) is 0.464. The zero-order chi connectivity index (χ0) is 24.2. The van der Waals surface area contributed by atoms with E-state index in [0.717, 1.165) is 9.87 Å². The summed E-state index contributed by atoms with van der Waals surface area (Å²) in [6.45, 7) is -0.597. The van der Waals surface area contributed by atoms with Crippen molar-refractivity contribution in [2.45, 2.75) is 11.3 Å². The van der Waals surface area contributed by atoms with Crippen molar-refractivity contribution in [3.05, 3.63) is 81.8 Å². The van der Waals surface area contributed by atoms with Crippen LogP contribution in [-0.2, 0) is 21.2 Å². The van der Waals surface area contributed by atoms with Crippen molar-refractivity contribution in [1.29, 1.82) is 0 Å². The number of nitrogens with two attached hydrogens (primary N) is 1. The number of sulfonamides is 1. The lowest BCUT2D eigenvalue weighted by atomic mass is 10.0. The predicted octanol–water partition coefficient (Wildman–Crippen LogP) is 4.28. The number of hydrogen-bond donors (Lipinski definition) is 1. The fourth-order valence-electron chi connectivity index (χ4n) is 3.33. The van der Waals surface area contributed by atoms with Crippen LogP contribution in [0.15, 0.2) is 65.6 Å². The predicted molar refractivity (Wildman–Crippen MR) is 129 cm³/mol. The van der Waals surface area contributed by atoms with Gasteiger partial charge < -0.3 is 15.2 Å². The third kappa shape index (κ3) is 5.52. The van der Waals surface area contributed by atoms with Gasteiger partial charge in [0.1, 0.15) is 22.9 Å². The van der Waals surface area contributed by atoms with Crippen molar-refractivity contribution in [3.8, 4) is 11.5 Å². The highest BCUT2D eigenvalue weighted by Crippen LogP contribution is 2.36. The van der Waals surface area contributed by atoms with Gasteiger partial charge in [0.2, 0.25) is 5.91 Å². The number of methoxy groups -OCH3 is 2. The van der Waals surface area contributed by atoms with E-state index >= 15 is 0 Å². The maximum absolute atomic E-state index is 13.8. The molecule has 0 aliphatic heterocycles. The van der Waals surface area contributed by atoms with Crippen LogP contribution in [0.4, 0.5) is 5.69 Å². The summed E-state index contributed by atoms with van der Waals surface area (Å²) in [5.41, 5.74) is 6.99. The highest BCUT2D eigenvalue weighted by atomic mass is 35.5. The summed E-state index contributed by atoms with van der Waals surface area (Å²) in [6, 6.07) is 16.3. The van der Waals surface area contributed by atoms with Gasteiger partial charge in [-0.15, -0.1) is 0 Å². The van der Waals surface area contributed by atoms with Crippen LogP contribution in [-0.4, -0.2) is 35.1 Å². The Morgan fingerprint density at radius 1 is 0.970 bits per heavy atom. The smallest absolute Gasteiger partial charge is 0.268 e. The lowest BCUT2D eigenvalue weighted by Gasteiger charge is -2.27. The van der Waals surface area contributed by atoms with Crippen molar-refractivity contribution < 1.29 is 22.7 Å². The van der Waals surface area contributed by atoms with Crippen LogP contribution in [0.25, 0.3) is 0 Å². The van der Waals surface area contributed by atoms with Crippen LogP contribution in [0.1, 0.15) is 11.1 Å². The van der Waals surface area contributed by atoms with Gasteiger partial charge in [-0.05, 0) is 47.5 Å². The molecule has 0 saturated carbocycles. The first-order valence-electron chi connectivity index (χ1n) is 9.72. The molecule has 2 N–H and O–H groups in total. The highest BCUT2D eigenvalue weighted by Gasteiger charge is 2.31. The largest absolute Gasteiger partial charge is 0.497 e. The summed E-state index contributed by atoms with van der Waals surface area (Å²) >= 11 is 12.5. The molecule has 174 valence electrons. The second-order valence-electron chi connectivity index (χ2n) is 7.04. The maximum Gasteiger partial charge on any atom is 0.268 e. The Morgan fingerprint density at radius 2 is 1.70 bits per heavy atom. The summed E-state index contributed by atoms with van der Waals surface area (Å²) in [6.07, 6.45) is 0.273. The number of carbonyl (C=O) groups excluding carboxylic acids is 1. The van der Waals surface area contributed by atoms with Gasteiger partial charge in [-0.2, -0.15) is 0 Å². The van der Waals surface area contributed by atoms with E-state index in [4.69, 9.17) is 38.4 Å². The molecule has 1 amide bonds. The minimum absolute atomic E-state index is 0.0897. The molecule has 3 aromatic carbocycles. The van der Waals surface area contributed by atoms with Gasteiger partial charge in [0.15, 0.2) is 0 Å². The Balaban J connectivity index is 2.20. The van der Waals surface area contributed by atoms with E-state index in [0.29, 0.717) is 21.4 Å². The average molecular weight is 509 g/mol. The first-order chi connectivity index (χ1) is 15.7. The summed E-state index contributed by atoms with van der Waals surface area (Å²) < 4.78 is 39.0. The van der Waals surface area contributed by atoms with Crippen LogP contribution < -0.4 is 19.5 Å². The topological polar surface area (TPSA) is 98.9 Å². The molecule has 7 nitrogen and oxygen atoms in total. The Morgan fingerprint density at radius 3 is 2.33 bits per heavy atom. The van der Waals surface area contributed by atoms with Crippen molar-refractivity contribution in [1.82, 2.24) is 0 Å². The van der Waals surface area contributed by atoms with Crippen molar-refractivity contribution in [2.75, 3.05) is 25.1 Å². The standard InChI is InChI=1S/C23H22Cl2N2O5S/c1-31-18-8-10-21(32-2)22(13-18)33(29,30)27(14-23(26)28)20-9-7-17(24)12-16(20)11-15-5-3-4-6-19(15)25/h3-10,12-13H,11,14H2,1-2H3,(H2,26,28). The van der Waals surface area contributed by atoms with E-state index < -0.39 is 22.5 Å². The fraction of sp³-hybridized carbons (Fsp3) is 0.174. The maximum atomic E-state index is 13.8. The molecular weight excluding hydrogens is 487 g/mol. The molecular formula is C23H22Cl2N2O5S. The third-order valence-electron chi connectivity index (χ3n) is 4.89. The molecule has 0 atom stereocenters. The number of nitrogens with zero attached hydrogens (tertiary/aromatic N) is 1. The first kappa shape index (κ1) is 24.7. The lowest BCUT2D eigenvalue weighted by molar-refractivity contribution is -0.116. The Labute approximate surface area is 202 Å². The van der Waals surface area contributed by atoms with Crippen molar-refractivity contribution in [2.24, 2.45) is 5.73 Å². The van der Waals surface area contributed by atoms with Gasteiger partial charge in [0.05, 0.1) is 19.9 Å². The molecule has 3 rings (SSSR count). The van der Waals surface area contributed by atoms with Crippen LogP contribution in [0, 0.1) is 0 Å². The van der Waals surface area contributed by atoms with Crippen LogP contribution >= 0.6 is 23.2 Å². The van der Waals surface area contributed by atoms with Crippen LogP contribution in [0.5, 0.6) is 11.5 Å². The second kappa shape index (κ2) is 10.3. The molecule has 3 aromatic rings. The van der Waals surface area contributed by atoms with Crippen molar-refractivity contribution in [3.63, 3.8) is 0 Å². The number of carbonyl (C=O) groups is 1. The molecule has 0 radical (unpaired) electrons. The molecule has 0 aliphatic rings. The summed E-state index contributed by atoms with van der Waals surface area (Å²) in [5.74, 6) is -0.438. The molecule has 0 unspecified atom stereocenters. The monoisotopic (exact) mass is 508 g/mol. The Hall–Kier alpha value is -2.94. The van der Waals surface area contributed by atoms with E-state index in [1.54, 1.807) is 30.3 Å². The van der Waals surface area contributed by atoms with E-state index in [-0.39, 0.29) is 22.8 Å². The number of amides is 1. The number of anilines is 1. The summed E-state index contributed by atoms with van der Waals surface area (Å²) in [4.78, 5) is 11.8. The zero-order valence-electron chi connectivity index (χ0n) is 17.9. The van der Waals surface area contributed by atoms with E-state index in [1.165, 1.54) is 32.4 Å². The third-order valence-corrected chi connectivity index (χ3v) is 7.27. The molecule has 0 aliphatic carbocycles. The first-order valence-corrected chi connectivity index (χ1v) is 11.9. The summed E-state index contributed by atoms with van der Waals surface area (Å²) in [5, 5.41) is 0.915. The van der Waals surface area contributed by atoms with Gasteiger partial charge in [-0.25, -0.2) is 8.42 Å². The number of primary amides is 1. The second-order valence-corrected chi connectivity index (χ2v) is 9.71. The van der Waals surface area contributed by atoms with E-state index in [9.17, 15) is 13.2 Å². The molecule has 0 fully saturated rings. The lowest BCUT2D eigenvalue weighted by Crippen LogP contribution is -2.39. The minimum Gasteiger partial charge on any atom is -0.497 e. The molecule has 0 spiro atoms. The normalized spacial score (nSPS) is 11.2. The molecule has 33 heavy (non-hydrogen) atoms. The SMILES string of the molecule is COc1ccc(OC)c(S(=O)(=O)N(CC(N)=O)c2ccc(Cl)cc2Cc2ccccc2Cl)c1. The number of ether oxygens (including phenoxy) is 2. The van der Waals surface area contributed by atoms with E-state index in [2.05, 4.69) is 0 Å². The fourth-order valence-corrected chi connectivity index (χ4v) is 5.37.